The number of hydrogen-bond acceptors (Lipinski definition) is 8. The second-order valence-corrected chi connectivity index (χ2v) is 8.91. The Balaban J connectivity index is 1.65. The second kappa shape index (κ2) is 10.9. The zero-order chi connectivity index (χ0) is 25.0. The Kier molecular flexibility index (Phi) is 8.24. The third-order valence-electron chi connectivity index (χ3n) is 6.29. The summed E-state index contributed by atoms with van der Waals surface area (Å²) >= 11 is 0. The van der Waals surface area contributed by atoms with Crippen LogP contribution in [0, 0.1) is 11.8 Å². The number of rotatable bonds is 9. The Morgan fingerprint density at radius 1 is 1.00 bits per heavy atom. The molecule has 9 nitrogen and oxygen atoms in total. The molecule has 186 valence electrons. The SMILES string of the molecule is COc1cc(CC(C)C(C)Cc2ccc(O)c(O[C@H]3C[C@@H](O)[C@H](O)[C@@H](C(=O)O)O3)c2)ccc1O. The Bertz CT molecular complexity index is 992. The van der Waals surface area contributed by atoms with E-state index in [1.54, 1.807) is 18.2 Å². The molecule has 34 heavy (non-hydrogen) atoms. The van der Waals surface area contributed by atoms with Crippen LogP contribution in [0.25, 0.3) is 0 Å². The molecule has 2 aromatic carbocycles. The highest BCUT2D eigenvalue weighted by molar-refractivity contribution is 5.73. The molecular weight excluding hydrogens is 444 g/mol. The van der Waals surface area contributed by atoms with Crippen molar-refractivity contribution in [1.82, 2.24) is 0 Å². The molecule has 9 heteroatoms. The van der Waals surface area contributed by atoms with E-state index in [0.29, 0.717) is 18.1 Å². The van der Waals surface area contributed by atoms with Crippen LogP contribution in [0.4, 0.5) is 0 Å². The van der Waals surface area contributed by atoms with Crippen molar-refractivity contribution in [1.29, 1.82) is 0 Å². The highest BCUT2D eigenvalue weighted by Crippen LogP contribution is 2.33. The third-order valence-corrected chi connectivity index (χ3v) is 6.29. The number of carboxylic acid groups (broad SMARTS) is 1. The van der Waals surface area contributed by atoms with E-state index in [4.69, 9.17) is 14.2 Å². The molecule has 1 aliphatic rings. The molecule has 2 unspecified atom stereocenters. The molecular formula is C25H32O9. The molecule has 0 spiro atoms. The van der Waals surface area contributed by atoms with Gasteiger partial charge in [0.1, 0.15) is 6.10 Å². The van der Waals surface area contributed by atoms with E-state index in [2.05, 4.69) is 13.8 Å². The minimum Gasteiger partial charge on any atom is -0.504 e. The number of ether oxygens (including phenoxy) is 3. The Labute approximate surface area is 198 Å². The largest absolute Gasteiger partial charge is 0.504 e. The molecule has 6 atom stereocenters. The Morgan fingerprint density at radius 2 is 1.53 bits per heavy atom. The van der Waals surface area contributed by atoms with Gasteiger partial charge < -0.3 is 39.7 Å². The van der Waals surface area contributed by atoms with Gasteiger partial charge in [-0.1, -0.05) is 26.0 Å². The van der Waals surface area contributed by atoms with E-state index >= 15 is 0 Å². The van der Waals surface area contributed by atoms with E-state index in [0.717, 1.165) is 17.5 Å². The summed E-state index contributed by atoms with van der Waals surface area (Å²) in [5.74, 6) is -0.354. The minimum absolute atomic E-state index is 0.0993. The lowest BCUT2D eigenvalue weighted by molar-refractivity contribution is -0.228. The number of aromatic hydroxyl groups is 2. The van der Waals surface area contributed by atoms with Gasteiger partial charge in [0.05, 0.1) is 13.2 Å². The number of phenols is 2. The van der Waals surface area contributed by atoms with Crippen molar-refractivity contribution >= 4 is 5.97 Å². The van der Waals surface area contributed by atoms with Gasteiger partial charge >= 0.3 is 5.97 Å². The first-order valence-electron chi connectivity index (χ1n) is 11.2. The number of aliphatic hydroxyl groups is 2. The molecule has 3 rings (SSSR count). The maximum atomic E-state index is 11.3. The molecule has 0 amide bonds. The van der Waals surface area contributed by atoms with E-state index in [9.17, 15) is 30.3 Å². The summed E-state index contributed by atoms with van der Waals surface area (Å²) < 4.78 is 16.1. The third kappa shape index (κ3) is 6.11. The Morgan fingerprint density at radius 3 is 2.06 bits per heavy atom. The van der Waals surface area contributed by atoms with Gasteiger partial charge in [-0.25, -0.2) is 4.79 Å². The summed E-state index contributed by atoms with van der Waals surface area (Å²) in [6.45, 7) is 4.26. The normalized spacial score (nSPS) is 24.3. The lowest BCUT2D eigenvalue weighted by Crippen LogP contribution is -2.53. The van der Waals surface area contributed by atoms with E-state index in [-0.39, 0.29) is 29.6 Å². The summed E-state index contributed by atoms with van der Waals surface area (Å²) in [5.41, 5.74) is 1.95. The predicted molar refractivity (Wildman–Crippen MR) is 122 cm³/mol. The molecule has 0 saturated carbocycles. The van der Waals surface area contributed by atoms with Crippen molar-refractivity contribution in [3.63, 3.8) is 0 Å². The highest BCUT2D eigenvalue weighted by Gasteiger charge is 2.42. The Hall–Kier alpha value is -3.01. The molecule has 1 fully saturated rings. The van der Waals surface area contributed by atoms with Crippen LogP contribution in [0.15, 0.2) is 36.4 Å². The fourth-order valence-electron chi connectivity index (χ4n) is 4.03. The van der Waals surface area contributed by atoms with Gasteiger partial charge in [0.25, 0.3) is 0 Å². The maximum Gasteiger partial charge on any atom is 0.335 e. The first kappa shape index (κ1) is 25.6. The van der Waals surface area contributed by atoms with Crippen molar-refractivity contribution in [2.24, 2.45) is 11.8 Å². The van der Waals surface area contributed by atoms with Gasteiger partial charge in [-0.15, -0.1) is 0 Å². The summed E-state index contributed by atoms with van der Waals surface area (Å²) in [7, 11) is 1.51. The fourth-order valence-corrected chi connectivity index (χ4v) is 4.03. The van der Waals surface area contributed by atoms with Crippen LogP contribution in [0.3, 0.4) is 0 Å². The van der Waals surface area contributed by atoms with Gasteiger partial charge in [0.15, 0.2) is 29.1 Å². The van der Waals surface area contributed by atoms with E-state index < -0.39 is 30.6 Å². The first-order valence-corrected chi connectivity index (χ1v) is 11.2. The van der Waals surface area contributed by atoms with Crippen molar-refractivity contribution in [3.8, 4) is 23.0 Å². The summed E-state index contributed by atoms with van der Waals surface area (Å²) in [6, 6.07) is 10.3. The lowest BCUT2D eigenvalue weighted by atomic mass is 9.85. The van der Waals surface area contributed by atoms with Gasteiger partial charge in [0.2, 0.25) is 6.29 Å². The van der Waals surface area contributed by atoms with Crippen LogP contribution in [0.1, 0.15) is 31.4 Å². The number of benzene rings is 2. The zero-order valence-electron chi connectivity index (χ0n) is 19.4. The number of phenolic OH excluding ortho intramolecular Hbond substituents is 2. The van der Waals surface area contributed by atoms with Crippen LogP contribution >= 0.6 is 0 Å². The van der Waals surface area contributed by atoms with Crippen LogP contribution in [0.5, 0.6) is 23.0 Å². The van der Waals surface area contributed by atoms with Gasteiger partial charge in [0, 0.05) is 6.42 Å². The average Bonchev–Trinajstić information content (AvgIpc) is 2.79. The van der Waals surface area contributed by atoms with Crippen molar-refractivity contribution < 1.29 is 44.5 Å². The minimum atomic E-state index is -1.63. The lowest BCUT2D eigenvalue weighted by Gasteiger charge is -2.34. The molecule has 1 heterocycles. The zero-order valence-corrected chi connectivity index (χ0v) is 19.4. The fraction of sp³-hybridized carbons (Fsp3) is 0.480. The number of methoxy groups -OCH3 is 1. The molecule has 0 radical (unpaired) electrons. The predicted octanol–water partition coefficient (Wildman–Crippen LogP) is 2.46. The number of carboxylic acids is 1. The highest BCUT2D eigenvalue weighted by atomic mass is 16.7. The average molecular weight is 477 g/mol. The maximum absolute atomic E-state index is 11.3. The van der Waals surface area contributed by atoms with Crippen LogP contribution < -0.4 is 9.47 Å². The van der Waals surface area contributed by atoms with E-state index in [1.807, 2.05) is 12.1 Å². The molecule has 0 aliphatic carbocycles. The molecule has 0 bridgehead atoms. The number of hydrogen-bond donors (Lipinski definition) is 5. The van der Waals surface area contributed by atoms with Gasteiger partial charge in [-0.05, 0) is 60.1 Å². The summed E-state index contributed by atoms with van der Waals surface area (Å²) in [6.07, 6.45) is -4.32. The number of aliphatic hydroxyl groups excluding tert-OH is 2. The molecule has 1 aliphatic heterocycles. The summed E-state index contributed by atoms with van der Waals surface area (Å²) in [4.78, 5) is 11.3. The molecule has 0 aromatic heterocycles. The van der Waals surface area contributed by atoms with Crippen molar-refractivity contribution in [2.45, 2.75) is 57.7 Å². The van der Waals surface area contributed by atoms with Crippen molar-refractivity contribution in [3.05, 3.63) is 47.5 Å². The summed E-state index contributed by atoms with van der Waals surface area (Å²) in [5, 5.41) is 49.0. The molecule has 1 saturated heterocycles. The first-order chi connectivity index (χ1) is 16.1. The quantitative estimate of drug-likeness (QED) is 0.368. The van der Waals surface area contributed by atoms with Crippen LogP contribution in [-0.2, 0) is 22.4 Å². The topological polar surface area (TPSA) is 146 Å². The number of aliphatic carboxylic acids is 1. The van der Waals surface area contributed by atoms with Crippen molar-refractivity contribution in [2.75, 3.05) is 7.11 Å². The smallest absolute Gasteiger partial charge is 0.335 e. The number of carbonyl (C=O) groups is 1. The van der Waals surface area contributed by atoms with Crippen LogP contribution in [-0.4, -0.2) is 63.2 Å². The van der Waals surface area contributed by atoms with E-state index in [1.165, 1.54) is 13.2 Å². The van der Waals surface area contributed by atoms with Gasteiger partial charge in [-0.3, -0.25) is 0 Å². The molecule has 5 N–H and O–H groups in total. The second-order valence-electron chi connectivity index (χ2n) is 8.91. The standard InChI is InChI=1S/C25H32O9/c1-13(8-15-4-6-17(26)20(10-15)32-3)14(2)9-16-5-7-18(27)21(11-16)33-22-12-19(28)23(29)24(34-22)25(30)31/h4-7,10-11,13-14,19,22-24,26-29H,8-9,12H2,1-3H3,(H,30,31)/t13?,14?,19-,22-,23+,24+/m1/s1. The van der Waals surface area contributed by atoms with Crippen LogP contribution in [0.2, 0.25) is 0 Å². The molecule has 2 aromatic rings. The monoisotopic (exact) mass is 476 g/mol. The van der Waals surface area contributed by atoms with Gasteiger partial charge in [-0.2, -0.15) is 0 Å².